The third kappa shape index (κ3) is 3.30. The van der Waals surface area contributed by atoms with Crippen LogP contribution in [0.1, 0.15) is 11.3 Å². The van der Waals surface area contributed by atoms with Gasteiger partial charge in [0.25, 0.3) is 0 Å². The predicted octanol–water partition coefficient (Wildman–Crippen LogP) is 2.16. The number of nitrogens with zero attached hydrogens (tertiary/aromatic N) is 4. The lowest BCUT2D eigenvalue weighted by Gasteiger charge is -2.02. The summed E-state index contributed by atoms with van der Waals surface area (Å²) in [6, 6.07) is 5.97. The number of benzene rings is 1. The van der Waals surface area contributed by atoms with E-state index < -0.39 is 0 Å². The van der Waals surface area contributed by atoms with Gasteiger partial charge in [0.2, 0.25) is 0 Å². The summed E-state index contributed by atoms with van der Waals surface area (Å²) in [4.78, 5) is 18.2. The standard InChI is InChI=1S/C17H17N6/c1-11-6-7-13-14(9-11)22-17(21-13)15-16(18)19-10-12(20-15)5-4-8-23(2)3/h6-7,9-10,18H,8H2,1-3H3,(H,21,22). The fraction of sp³-hybridized carbons (Fsp3) is 0.235. The molecule has 1 radical (unpaired) electrons. The van der Waals surface area contributed by atoms with E-state index in [1.165, 1.54) is 6.20 Å². The highest BCUT2D eigenvalue weighted by atomic mass is 15.0. The Morgan fingerprint density at radius 2 is 2.09 bits per heavy atom. The van der Waals surface area contributed by atoms with E-state index in [4.69, 9.17) is 5.73 Å². The fourth-order valence-corrected chi connectivity index (χ4v) is 2.14. The zero-order valence-corrected chi connectivity index (χ0v) is 13.3. The summed E-state index contributed by atoms with van der Waals surface area (Å²) >= 11 is 0. The third-order valence-corrected chi connectivity index (χ3v) is 3.25. The molecule has 2 heterocycles. The Hall–Kier alpha value is -2.91. The monoisotopic (exact) mass is 305 g/mol. The Balaban J connectivity index is 2.01. The first-order valence-electron chi connectivity index (χ1n) is 7.22. The molecule has 0 atom stereocenters. The van der Waals surface area contributed by atoms with Crippen LogP contribution < -0.4 is 5.73 Å². The van der Waals surface area contributed by atoms with Gasteiger partial charge in [-0.1, -0.05) is 12.0 Å². The van der Waals surface area contributed by atoms with Crippen LogP contribution in [0.2, 0.25) is 0 Å². The first-order valence-corrected chi connectivity index (χ1v) is 7.22. The summed E-state index contributed by atoms with van der Waals surface area (Å²) in [5.74, 6) is 6.60. The van der Waals surface area contributed by atoms with E-state index in [0.29, 0.717) is 23.8 Å². The number of fused-ring (bicyclic) bond motifs is 1. The second-order valence-electron chi connectivity index (χ2n) is 5.60. The fourth-order valence-electron chi connectivity index (χ4n) is 2.14. The van der Waals surface area contributed by atoms with Crippen molar-refractivity contribution in [1.29, 1.82) is 0 Å². The zero-order chi connectivity index (χ0) is 16.4. The van der Waals surface area contributed by atoms with Crippen molar-refractivity contribution in [1.82, 2.24) is 30.6 Å². The van der Waals surface area contributed by atoms with Crippen LogP contribution in [-0.2, 0) is 0 Å². The molecular weight excluding hydrogens is 288 g/mol. The van der Waals surface area contributed by atoms with Gasteiger partial charge in [-0.2, -0.15) is 0 Å². The van der Waals surface area contributed by atoms with Gasteiger partial charge in [0, 0.05) is 0 Å². The van der Waals surface area contributed by atoms with Crippen LogP contribution in [-0.4, -0.2) is 45.5 Å². The van der Waals surface area contributed by atoms with Crippen LogP contribution in [0, 0.1) is 18.8 Å². The number of nitrogens with one attached hydrogen (secondary N) is 2. The lowest BCUT2D eigenvalue weighted by atomic mass is 10.2. The Bertz CT molecular complexity index is 914. The minimum atomic E-state index is 0.0823. The molecule has 0 bridgehead atoms. The summed E-state index contributed by atoms with van der Waals surface area (Å²) in [7, 11) is 3.91. The molecule has 0 unspecified atom stereocenters. The molecule has 3 aromatic rings. The smallest absolute Gasteiger partial charge is 0.174 e. The summed E-state index contributed by atoms with van der Waals surface area (Å²) < 4.78 is 0. The SMILES string of the molecule is Cc1ccc2nc(-c3nc(C#CCN(C)C)cnc3[NH])[nH]c2c1. The molecule has 0 saturated heterocycles. The van der Waals surface area contributed by atoms with Gasteiger partial charge in [0.05, 0.1) is 23.8 Å². The van der Waals surface area contributed by atoms with E-state index in [1.807, 2.05) is 44.1 Å². The topological polar surface area (TPSA) is 81.5 Å². The number of aromatic amines is 1. The summed E-state index contributed by atoms with van der Waals surface area (Å²) in [6.45, 7) is 2.67. The highest BCUT2D eigenvalue weighted by molar-refractivity contribution is 5.80. The van der Waals surface area contributed by atoms with Gasteiger partial charge in [-0.05, 0) is 44.6 Å². The highest BCUT2D eigenvalue weighted by Crippen LogP contribution is 2.23. The van der Waals surface area contributed by atoms with Crippen LogP contribution in [0.4, 0.5) is 5.82 Å². The molecule has 6 heteroatoms. The number of aromatic nitrogens is 4. The van der Waals surface area contributed by atoms with Crippen molar-refractivity contribution in [3.05, 3.63) is 35.7 Å². The third-order valence-electron chi connectivity index (χ3n) is 3.25. The molecule has 0 aliphatic heterocycles. The Labute approximate surface area is 134 Å². The van der Waals surface area contributed by atoms with E-state index in [9.17, 15) is 0 Å². The maximum absolute atomic E-state index is 7.98. The van der Waals surface area contributed by atoms with Gasteiger partial charge >= 0.3 is 0 Å². The first-order chi connectivity index (χ1) is 11.0. The van der Waals surface area contributed by atoms with Crippen LogP contribution in [0.15, 0.2) is 24.4 Å². The molecule has 115 valence electrons. The van der Waals surface area contributed by atoms with E-state index in [-0.39, 0.29) is 5.82 Å². The van der Waals surface area contributed by atoms with Crippen molar-refractivity contribution < 1.29 is 0 Å². The summed E-state index contributed by atoms with van der Waals surface area (Å²) in [5.41, 5.74) is 11.8. The minimum Gasteiger partial charge on any atom is -0.337 e. The number of hydrogen-bond acceptors (Lipinski definition) is 4. The molecule has 2 N–H and O–H groups in total. The van der Waals surface area contributed by atoms with Gasteiger partial charge in [0.15, 0.2) is 17.3 Å². The molecule has 23 heavy (non-hydrogen) atoms. The molecule has 0 spiro atoms. The van der Waals surface area contributed by atoms with E-state index in [1.54, 1.807) is 0 Å². The highest BCUT2D eigenvalue weighted by Gasteiger charge is 2.12. The minimum absolute atomic E-state index is 0.0823. The van der Waals surface area contributed by atoms with Crippen molar-refractivity contribution in [3.8, 4) is 23.4 Å². The normalized spacial score (nSPS) is 10.8. The number of imidazole rings is 1. The number of H-pyrrole nitrogens is 1. The lowest BCUT2D eigenvalue weighted by Crippen LogP contribution is -2.10. The van der Waals surface area contributed by atoms with Crippen LogP contribution in [0.25, 0.3) is 22.6 Å². The van der Waals surface area contributed by atoms with Crippen LogP contribution >= 0.6 is 0 Å². The summed E-state index contributed by atoms with van der Waals surface area (Å²) in [5, 5.41) is 0. The molecule has 0 aliphatic carbocycles. The van der Waals surface area contributed by atoms with Crippen molar-refractivity contribution in [3.63, 3.8) is 0 Å². The second-order valence-corrected chi connectivity index (χ2v) is 5.60. The van der Waals surface area contributed by atoms with E-state index in [2.05, 4.69) is 31.8 Å². The molecule has 0 saturated carbocycles. The van der Waals surface area contributed by atoms with E-state index in [0.717, 1.165) is 16.6 Å². The van der Waals surface area contributed by atoms with Gasteiger partial charge in [-0.15, -0.1) is 0 Å². The Kier molecular flexibility index (Phi) is 3.96. The molecule has 3 rings (SSSR count). The molecular formula is C17H17N6. The Morgan fingerprint density at radius 3 is 2.87 bits per heavy atom. The number of rotatable bonds is 2. The molecule has 6 nitrogen and oxygen atoms in total. The molecule has 0 aliphatic rings. The van der Waals surface area contributed by atoms with Crippen molar-refractivity contribution in [2.24, 2.45) is 0 Å². The van der Waals surface area contributed by atoms with Crippen LogP contribution in [0.5, 0.6) is 0 Å². The van der Waals surface area contributed by atoms with Gasteiger partial charge in [-0.3, -0.25) is 10.6 Å². The second kappa shape index (κ2) is 6.07. The average molecular weight is 305 g/mol. The average Bonchev–Trinajstić information content (AvgIpc) is 2.91. The molecule has 2 aromatic heterocycles. The predicted molar refractivity (Wildman–Crippen MR) is 90.0 cm³/mol. The largest absolute Gasteiger partial charge is 0.337 e. The lowest BCUT2D eigenvalue weighted by molar-refractivity contribution is 0.464. The number of aryl methyl sites for hydroxylation is 1. The van der Waals surface area contributed by atoms with Gasteiger partial charge in [0.1, 0.15) is 5.69 Å². The molecule has 0 fully saturated rings. The van der Waals surface area contributed by atoms with Crippen molar-refractivity contribution >= 4 is 16.9 Å². The van der Waals surface area contributed by atoms with Gasteiger partial charge < -0.3 is 4.98 Å². The van der Waals surface area contributed by atoms with Crippen molar-refractivity contribution in [2.75, 3.05) is 20.6 Å². The van der Waals surface area contributed by atoms with Crippen molar-refractivity contribution in [2.45, 2.75) is 6.92 Å². The van der Waals surface area contributed by atoms with Crippen LogP contribution in [0.3, 0.4) is 0 Å². The quantitative estimate of drug-likeness (QED) is 0.736. The van der Waals surface area contributed by atoms with Gasteiger partial charge in [-0.25, -0.2) is 15.0 Å². The molecule has 1 aromatic carbocycles. The Morgan fingerprint density at radius 1 is 1.26 bits per heavy atom. The summed E-state index contributed by atoms with van der Waals surface area (Å²) in [6.07, 6.45) is 1.52. The molecule has 0 amide bonds. The maximum Gasteiger partial charge on any atom is 0.174 e. The first kappa shape index (κ1) is 15.0. The zero-order valence-electron chi connectivity index (χ0n) is 13.3. The van der Waals surface area contributed by atoms with E-state index >= 15 is 0 Å². The number of hydrogen-bond donors (Lipinski definition) is 1. The maximum atomic E-state index is 7.98.